The van der Waals surface area contributed by atoms with Gasteiger partial charge < -0.3 is 29.7 Å². The third-order valence-corrected chi connectivity index (χ3v) is 7.99. The van der Waals surface area contributed by atoms with Crippen LogP contribution in [0.4, 0.5) is 9.18 Å². The number of hydrogen-bond acceptors (Lipinski definition) is 9. The molecule has 3 aromatic rings. The Morgan fingerprint density at radius 2 is 1.92 bits per heavy atom. The third-order valence-electron chi connectivity index (χ3n) is 7.34. The fraction of sp³-hybridized carbons (Fsp3) is 0.542. The Morgan fingerprint density at radius 3 is 2.59 bits per heavy atom. The highest BCUT2D eigenvalue weighted by atomic mass is 79.9. The molecule has 0 saturated carbocycles. The second-order valence-corrected chi connectivity index (χ2v) is 10.5. The summed E-state index contributed by atoms with van der Waals surface area (Å²) in [5.41, 5.74) is 1.54. The average Bonchev–Trinajstić information content (AvgIpc) is 3.61. The van der Waals surface area contributed by atoms with E-state index in [2.05, 4.69) is 36.6 Å². The summed E-state index contributed by atoms with van der Waals surface area (Å²) in [6.45, 7) is 0.424. The van der Waals surface area contributed by atoms with Crippen LogP contribution in [-0.4, -0.2) is 108 Å². The molecular weight excluding hydrogens is 581 g/mol. The van der Waals surface area contributed by atoms with Gasteiger partial charge in [-0.3, -0.25) is 0 Å². The lowest BCUT2D eigenvalue weighted by molar-refractivity contribution is -0.212. The number of methoxy groups -OCH3 is 1. The molecular formula is C24H29BrFN7O6. The first kappa shape index (κ1) is 27.6. The first-order chi connectivity index (χ1) is 18.8. The fourth-order valence-corrected chi connectivity index (χ4v) is 5.50. The van der Waals surface area contributed by atoms with Gasteiger partial charge in [0.05, 0.1) is 35.1 Å². The summed E-state index contributed by atoms with van der Waals surface area (Å²) in [4.78, 5) is 12.6. The van der Waals surface area contributed by atoms with E-state index in [9.17, 15) is 24.5 Å². The monoisotopic (exact) mass is 609 g/mol. The second-order valence-electron chi connectivity index (χ2n) is 9.68. The number of carbonyl (C=O) groups is 1. The summed E-state index contributed by atoms with van der Waals surface area (Å²) in [7, 11) is 1.50. The highest BCUT2D eigenvalue weighted by Gasteiger charge is 2.47. The molecule has 13 nitrogen and oxygen atoms in total. The Hall–Kier alpha value is -2.98. The van der Waals surface area contributed by atoms with E-state index in [1.165, 1.54) is 22.8 Å². The normalized spacial score (nSPS) is 26.2. The molecule has 0 unspecified atom stereocenters. The summed E-state index contributed by atoms with van der Waals surface area (Å²) >= 11 is 3.14. The largest absolute Gasteiger partial charge is 0.465 e. The zero-order chi connectivity index (χ0) is 27.7. The minimum Gasteiger partial charge on any atom is -0.465 e. The van der Waals surface area contributed by atoms with Gasteiger partial charge in [0, 0.05) is 38.4 Å². The predicted molar refractivity (Wildman–Crippen MR) is 136 cm³/mol. The van der Waals surface area contributed by atoms with Crippen LogP contribution in [0.15, 0.2) is 35.1 Å². The van der Waals surface area contributed by atoms with Crippen molar-refractivity contribution in [2.45, 2.75) is 55.8 Å². The van der Waals surface area contributed by atoms with Gasteiger partial charge in [-0.1, -0.05) is 16.5 Å². The predicted octanol–water partition coefficient (Wildman–Crippen LogP) is 1.67. The quantitative estimate of drug-likeness (QED) is 0.359. The Balaban J connectivity index is 1.34. The maximum absolute atomic E-state index is 14.1. The molecule has 5 rings (SSSR count). The lowest BCUT2D eigenvalue weighted by Crippen LogP contribution is -2.57. The number of amides is 1. The molecule has 0 spiro atoms. The molecule has 2 fully saturated rings. The zero-order valence-corrected chi connectivity index (χ0v) is 22.6. The molecule has 0 aliphatic carbocycles. The summed E-state index contributed by atoms with van der Waals surface area (Å²) in [6.07, 6.45) is 0.640. The van der Waals surface area contributed by atoms with Crippen LogP contribution in [0.5, 0.6) is 0 Å². The number of halogens is 2. The maximum atomic E-state index is 14.1. The number of carboxylic acid groups (broad SMARTS) is 1. The Morgan fingerprint density at radius 1 is 1.18 bits per heavy atom. The standard InChI is InChI=1S/C24H29BrFN7O6/c1-38-23-19(9-14-10-32(29-27-14)15-4-6-31(7-5-15)24(36)37)39-20(12-34)22(35)21(23)33-11-18(28-30-33)13-2-3-16(25)17(26)8-13/h2-3,8,10-11,15,19-23,34-35H,4-7,9,12H2,1H3,(H,36,37)/t19-,20-,21+,22+,23+/m1/s1. The van der Waals surface area contributed by atoms with Crippen molar-refractivity contribution >= 4 is 22.0 Å². The summed E-state index contributed by atoms with van der Waals surface area (Å²) in [5, 5.41) is 47.1. The van der Waals surface area contributed by atoms with Crippen LogP contribution in [-0.2, 0) is 15.9 Å². The summed E-state index contributed by atoms with van der Waals surface area (Å²) < 4.78 is 29.4. The van der Waals surface area contributed by atoms with E-state index in [0.29, 0.717) is 47.4 Å². The van der Waals surface area contributed by atoms with Crippen molar-refractivity contribution in [2.24, 2.45) is 0 Å². The number of likely N-dealkylation sites (tertiary alicyclic amines) is 1. The van der Waals surface area contributed by atoms with Crippen molar-refractivity contribution < 1.29 is 34.0 Å². The maximum Gasteiger partial charge on any atom is 0.407 e. The van der Waals surface area contributed by atoms with Gasteiger partial charge in [-0.15, -0.1) is 10.2 Å². The van der Waals surface area contributed by atoms with Crippen molar-refractivity contribution in [2.75, 3.05) is 26.8 Å². The van der Waals surface area contributed by atoms with Crippen LogP contribution < -0.4 is 0 Å². The molecule has 4 heterocycles. The number of nitrogens with zero attached hydrogens (tertiary/aromatic N) is 7. The van der Waals surface area contributed by atoms with Crippen molar-refractivity contribution in [3.63, 3.8) is 0 Å². The van der Waals surface area contributed by atoms with Gasteiger partial charge in [0.1, 0.15) is 35.9 Å². The molecule has 1 amide bonds. The molecule has 2 saturated heterocycles. The van der Waals surface area contributed by atoms with Crippen LogP contribution in [0.25, 0.3) is 11.3 Å². The van der Waals surface area contributed by atoms with Gasteiger partial charge in [0.15, 0.2) is 0 Å². The average molecular weight is 610 g/mol. The van der Waals surface area contributed by atoms with Gasteiger partial charge in [-0.2, -0.15) is 0 Å². The summed E-state index contributed by atoms with van der Waals surface area (Å²) in [5.74, 6) is -0.441. The van der Waals surface area contributed by atoms with E-state index >= 15 is 0 Å². The Kier molecular flexibility index (Phi) is 8.23. The first-order valence-corrected chi connectivity index (χ1v) is 13.3. The van der Waals surface area contributed by atoms with Gasteiger partial charge in [-0.25, -0.2) is 18.5 Å². The molecule has 5 atom stereocenters. The molecule has 3 N–H and O–H groups in total. The molecule has 210 valence electrons. The zero-order valence-electron chi connectivity index (χ0n) is 21.0. The lowest BCUT2D eigenvalue weighted by Gasteiger charge is -2.43. The number of aliphatic hydroxyl groups is 2. The van der Waals surface area contributed by atoms with E-state index in [4.69, 9.17) is 9.47 Å². The van der Waals surface area contributed by atoms with Crippen molar-refractivity contribution in [1.82, 2.24) is 34.9 Å². The first-order valence-electron chi connectivity index (χ1n) is 12.5. The van der Waals surface area contributed by atoms with Gasteiger partial charge in [-0.05, 0) is 40.9 Å². The molecule has 2 aromatic heterocycles. The SMILES string of the molecule is CO[C@@H]1[C@@H](n2cc(-c3ccc(Br)c(F)c3)nn2)[C@@H](O)[C@@H](CO)O[C@@H]1Cc1cn(C2CCN(C(=O)O)CC2)nn1. The smallest absolute Gasteiger partial charge is 0.407 e. The molecule has 0 radical (unpaired) electrons. The minimum absolute atomic E-state index is 0.0316. The number of aliphatic hydroxyl groups excluding tert-OH is 2. The second kappa shape index (κ2) is 11.6. The fourth-order valence-electron chi connectivity index (χ4n) is 5.25. The Bertz CT molecular complexity index is 1300. The molecule has 0 bridgehead atoms. The number of rotatable bonds is 7. The molecule has 2 aliphatic heterocycles. The molecule has 15 heteroatoms. The van der Waals surface area contributed by atoms with Gasteiger partial charge in [0.25, 0.3) is 0 Å². The van der Waals surface area contributed by atoms with E-state index in [1.54, 1.807) is 29.2 Å². The Labute approximate surface area is 231 Å². The van der Waals surface area contributed by atoms with Crippen LogP contribution >= 0.6 is 15.9 Å². The topological polar surface area (TPSA) is 161 Å². The number of ether oxygens (including phenoxy) is 2. The van der Waals surface area contributed by atoms with Crippen LogP contribution in [0.3, 0.4) is 0 Å². The van der Waals surface area contributed by atoms with Crippen molar-refractivity contribution in [3.05, 3.63) is 46.6 Å². The van der Waals surface area contributed by atoms with E-state index in [-0.39, 0.29) is 12.5 Å². The summed E-state index contributed by atoms with van der Waals surface area (Å²) in [6, 6.07) is 3.88. The van der Waals surface area contributed by atoms with E-state index < -0.39 is 49.0 Å². The third kappa shape index (κ3) is 5.68. The highest BCUT2D eigenvalue weighted by molar-refractivity contribution is 9.10. The molecule has 39 heavy (non-hydrogen) atoms. The van der Waals surface area contributed by atoms with Gasteiger partial charge in [0.2, 0.25) is 0 Å². The van der Waals surface area contributed by atoms with E-state index in [0.717, 1.165) is 0 Å². The van der Waals surface area contributed by atoms with Crippen molar-refractivity contribution in [3.8, 4) is 11.3 Å². The number of aromatic nitrogens is 6. The number of hydrogen-bond donors (Lipinski definition) is 3. The van der Waals surface area contributed by atoms with E-state index in [1.807, 2.05) is 0 Å². The lowest BCUT2D eigenvalue weighted by atomic mass is 9.90. The van der Waals surface area contributed by atoms with Gasteiger partial charge >= 0.3 is 6.09 Å². The van der Waals surface area contributed by atoms with Crippen LogP contribution in [0.2, 0.25) is 0 Å². The molecule has 1 aromatic carbocycles. The van der Waals surface area contributed by atoms with Crippen LogP contribution in [0.1, 0.15) is 30.6 Å². The van der Waals surface area contributed by atoms with Crippen LogP contribution in [0, 0.1) is 5.82 Å². The number of benzene rings is 1. The molecule has 2 aliphatic rings. The van der Waals surface area contributed by atoms with Crippen molar-refractivity contribution in [1.29, 1.82) is 0 Å². The minimum atomic E-state index is -1.16. The number of piperidine rings is 1. The highest BCUT2D eigenvalue weighted by Crippen LogP contribution is 2.34.